The Balaban J connectivity index is 2.78. The number of halogens is 1. The van der Waals surface area contributed by atoms with Crippen LogP contribution in [0.3, 0.4) is 0 Å². The van der Waals surface area contributed by atoms with Gasteiger partial charge in [-0.3, -0.25) is 4.79 Å². The number of carboxylic acids is 1. The number of rotatable bonds is 6. The molecule has 158 valence electrons. The van der Waals surface area contributed by atoms with Crippen molar-refractivity contribution in [2.45, 2.75) is 47.1 Å². The van der Waals surface area contributed by atoms with Crippen LogP contribution in [0.1, 0.15) is 63.1 Å². The van der Waals surface area contributed by atoms with Crippen LogP contribution in [0.4, 0.5) is 0 Å². The topological polar surface area (TPSA) is 77.8 Å². The number of nitrogens with zero attached hydrogens (tertiary/aromatic N) is 1. The zero-order valence-corrected chi connectivity index (χ0v) is 18.5. The number of hydrogen-bond acceptors (Lipinski definition) is 4. The summed E-state index contributed by atoms with van der Waals surface area (Å²) >= 11 is 6.57. The lowest BCUT2D eigenvalue weighted by atomic mass is 10.0. The number of fused-ring (bicyclic) bond motifs is 1. The first kappa shape index (κ1) is 22.8. The van der Waals surface area contributed by atoms with E-state index >= 15 is 0 Å². The Morgan fingerprint density at radius 1 is 1.48 bits per heavy atom. The van der Waals surface area contributed by atoms with Gasteiger partial charge in [0.25, 0.3) is 0 Å². The minimum Gasteiger partial charge on any atom is -0.495 e. The number of ether oxygens (including phenoxy) is 2. The summed E-state index contributed by atoms with van der Waals surface area (Å²) in [6.45, 7) is 10.2. The van der Waals surface area contributed by atoms with Gasteiger partial charge in [0, 0.05) is 17.8 Å². The maximum atomic E-state index is 12.5. The molecule has 1 aliphatic rings. The summed E-state index contributed by atoms with van der Waals surface area (Å²) in [5.74, 6) is 0.0699. The van der Waals surface area contributed by atoms with Crippen LogP contribution in [-0.4, -0.2) is 29.4 Å². The number of methoxy groups -OCH3 is 1. The average Bonchev–Trinajstić information content (AvgIpc) is 2.78. The van der Waals surface area contributed by atoms with Gasteiger partial charge in [-0.1, -0.05) is 32.4 Å². The fourth-order valence-corrected chi connectivity index (χ4v) is 3.61. The summed E-state index contributed by atoms with van der Waals surface area (Å²) in [5.41, 5.74) is 1.34. The van der Waals surface area contributed by atoms with Gasteiger partial charge in [-0.15, -0.1) is 0 Å². The molecule has 0 fully saturated rings. The van der Waals surface area contributed by atoms with E-state index in [1.807, 2.05) is 39.2 Å². The Labute approximate surface area is 176 Å². The number of aromatic carboxylic acids is 1. The van der Waals surface area contributed by atoms with Crippen LogP contribution in [0.15, 0.2) is 45.3 Å². The summed E-state index contributed by atoms with van der Waals surface area (Å²) < 4.78 is 13.2. The van der Waals surface area contributed by atoms with Crippen molar-refractivity contribution in [3.8, 4) is 0 Å². The van der Waals surface area contributed by atoms with Gasteiger partial charge in [-0.2, -0.15) is 0 Å². The molecule has 0 radical (unpaired) electrons. The van der Waals surface area contributed by atoms with E-state index in [2.05, 4.69) is 0 Å². The normalized spacial score (nSPS) is 18.1. The molecule has 1 aliphatic heterocycles. The molecule has 1 aromatic heterocycles. The molecule has 1 unspecified atom stereocenters. The lowest BCUT2D eigenvalue weighted by Gasteiger charge is -2.25. The standard InChI is InChI=1S/C22H28ClNO5/c1-7-13(4)21(28-6)17(23)8-15-14(5)29-11-19(12(2)3)24-10-16(22(26)27)20(25)9-18(15)24/h8-10,12,19H,7,11H2,1-6H3,(H,26,27)/b17-8+,21-13?. The maximum Gasteiger partial charge on any atom is 0.341 e. The minimum absolute atomic E-state index is 0.141. The molecule has 2 heterocycles. The quantitative estimate of drug-likeness (QED) is 0.519. The van der Waals surface area contributed by atoms with Crippen molar-refractivity contribution in [1.29, 1.82) is 0 Å². The molecule has 1 aromatic rings. The van der Waals surface area contributed by atoms with Gasteiger partial charge < -0.3 is 19.1 Å². The molecule has 0 bridgehead atoms. The molecular weight excluding hydrogens is 394 g/mol. The fourth-order valence-electron chi connectivity index (χ4n) is 3.27. The molecule has 1 atom stereocenters. The van der Waals surface area contributed by atoms with Crippen LogP contribution in [0.25, 0.3) is 5.57 Å². The molecule has 0 aromatic carbocycles. The Hall–Kier alpha value is -2.47. The Kier molecular flexibility index (Phi) is 7.36. The van der Waals surface area contributed by atoms with E-state index in [0.29, 0.717) is 34.4 Å². The van der Waals surface area contributed by atoms with E-state index in [4.69, 9.17) is 21.1 Å². The van der Waals surface area contributed by atoms with Gasteiger partial charge in [0.2, 0.25) is 0 Å². The zero-order valence-electron chi connectivity index (χ0n) is 17.7. The van der Waals surface area contributed by atoms with Crippen LogP contribution in [0.5, 0.6) is 0 Å². The molecular formula is C22H28ClNO5. The number of pyridine rings is 1. The second-order valence-electron chi connectivity index (χ2n) is 7.40. The second kappa shape index (κ2) is 9.35. The molecule has 0 spiro atoms. The van der Waals surface area contributed by atoms with Gasteiger partial charge in [0.05, 0.1) is 23.9 Å². The van der Waals surface area contributed by atoms with Crippen molar-refractivity contribution in [1.82, 2.24) is 4.57 Å². The highest BCUT2D eigenvalue weighted by atomic mass is 35.5. The number of aromatic nitrogens is 1. The number of hydrogen-bond donors (Lipinski definition) is 1. The third kappa shape index (κ3) is 4.75. The van der Waals surface area contributed by atoms with E-state index in [9.17, 15) is 14.7 Å². The van der Waals surface area contributed by atoms with E-state index < -0.39 is 11.4 Å². The number of carbonyl (C=O) groups is 1. The first-order chi connectivity index (χ1) is 13.6. The van der Waals surface area contributed by atoms with Crippen LogP contribution >= 0.6 is 11.6 Å². The molecule has 0 saturated carbocycles. The third-order valence-corrected chi connectivity index (χ3v) is 5.45. The SMILES string of the molecule is CCC(C)=C(OC)/C(Cl)=C\C1=C(C)OCC(C(C)C)n2cc(C(=O)O)c(=O)cc21. The summed E-state index contributed by atoms with van der Waals surface area (Å²) in [7, 11) is 1.56. The highest BCUT2D eigenvalue weighted by Gasteiger charge is 2.27. The third-order valence-electron chi connectivity index (χ3n) is 5.17. The highest BCUT2D eigenvalue weighted by Crippen LogP contribution is 2.34. The molecule has 1 N–H and O–H groups in total. The smallest absolute Gasteiger partial charge is 0.341 e. The van der Waals surface area contributed by atoms with Gasteiger partial charge in [0.1, 0.15) is 23.7 Å². The Morgan fingerprint density at radius 2 is 2.14 bits per heavy atom. The fraction of sp³-hybridized carbons (Fsp3) is 0.455. The van der Waals surface area contributed by atoms with E-state index in [1.165, 1.54) is 12.3 Å². The molecule has 0 amide bonds. The predicted octanol–water partition coefficient (Wildman–Crippen LogP) is 4.96. The van der Waals surface area contributed by atoms with Crippen LogP contribution < -0.4 is 5.43 Å². The monoisotopic (exact) mass is 421 g/mol. The van der Waals surface area contributed by atoms with Gasteiger partial charge in [-0.05, 0) is 37.8 Å². The van der Waals surface area contributed by atoms with Gasteiger partial charge in [0.15, 0.2) is 5.43 Å². The molecule has 7 heteroatoms. The molecule has 0 aliphatic carbocycles. The zero-order chi connectivity index (χ0) is 21.9. The van der Waals surface area contributed by atoms with Crippen molar-refractivity contribution in [2.24, 2.45) is 5.92 Å². The Morgan fingerprint density at radius 3 is 2.66 bits per heavy atom. The van der Waals surface area contributed by atoms with Crippen molar-refractivity contribution < 1.29 is 19.4 Å². The van der Waals surface area contributed by atoms with Crippen molar-refractivity contribution in [2.75, 3.05) is 13.7 Å². The summed E-state index contributed by atoms with van der Waals surface area (Å²) in [4.78, 5) is 24.0. The lowest BCUT2D eigenvalue weighted by molar-refractivity contribution is 0.0693. The number of carboxylic acid groups (broad SMARTS) is 1. The highest BCUT2D eigenvalue weighted by molar-refractivity contribution is 6.32. The minimum atomic E-state index is -1.25. The molecule has 6 nitrogen and oxygen atoms in total. The molecule has 29 heavy (non-hydrogen) atoms. The van der Waals surface area contributed by atoms with Crippen LogP contribution in [0.2, 0.25) is 0 Å². The maximum absolute atomic E-state index is 12.5. The van der Waals surface area contributed by atoms with Gasteiger partial charge in [-0.25, -0.2) is 4.79 Å². The van der Waals surface area contributed by atoms with Gasteiger partial charge >= 0.3 is 5.97 Å². The summed E-state index contributed by atoms with van der Waals surface area (Å²) in [6.07, 6.45) is 3.89. The summed E-state index contributed by atoms with van der Waals surface area (Å²) in [6, 6.07) is 1.20. The first-order valence-electron chi connectivity index (χ1n) is 9.57. The van der Waals surface area contributed by atoms with E-state index in [0.717, 1.165) is 12.0 Å². The Bertz CT molecular complexity index is 952. The van der Waals surface area contributed by atoms with Crippen LogP contribution in [0, 0.1) is 5.92 Å². The van der Waals surface area contributed by atoms with Crippen molar-refractivity contribution in [3.05, 3.63) is 61.9 Å². The largest absolute Gasteiger partial charge is 0.495 e. The molecule has 0 saturated heterocycles. The summed E-state index contributed by atoms with van der Waals surface area (Å²) in [5, 5.41) is 9.79. The van der Waals surface area contributed by atoms with Crippen molar-refractivity contribution in [3.63, 3.8) is 0 Å². The number of allylic oxidation sites excluding steroid dienone is 5. The molecule has 2 rings (SSSR count). The predicted molar refractivity (Wildman–Crippen MR) is 114 cm³/mol. The van der Waals surface area contributed by atoms with E-state index in [-0.39, 0.29) is 17.5 Å². The second-order valence-corrected chi connectivity index (χ2v) is 7.81. The van der Waals surface area contributed by atoms with Crippen LogP contribution in [-0.2, 0) is 9.47 Å². The first-order valence-corrected chi connectivity index (χ1v) is 9.94. The average molecular weight is 422 g/mol. The van der Waals surface area contributed by atoms with Crippen molar-refractivity contribution >= 4 is 23.1 Å². The lowest BCUT2D eigenvalue weighted by Crippen LogP contribution is -2.26. The van der Waals surface area contributed by atoms with E-state index in [1.54, 1.807) is 13.2 Å².